The number of hydrogen-bond donors (Lipinski definition) is 3. The van der Waals surface area contributed by atoms with Crippen LogP contribution in [0.1, 0.15) is 22.3 Å². The van der Waals surface area contributed by atoms with Gasteiger partial charge in [-0.1, -0.05) is 18.2 Å². The zero-order valence-electron chi connectivity index (χ0n) is 14.4. The van der Waals surface area contributed by atoms with Crippen LogP contribution in [-0.4, -0.2) is 55.1 Å². The maximum atomic E-state index is 12.4. The normalized spacial score (nSPS) is 14.9. The summed E-state index contributed by atoms with van der Waals surface area (Å²) >= 11 is 0. The monoisotopic (exact) mass is 364 g/mol. The molecule has 0 bridgehead atoms. The van der Waals surface area contributed by atoms with Crippen molar-refractivity contribution in [2.75, 3.05) is 39.3 Å². The van der Waals surface area contributed by atoms with Gasteiger partial charge in [-0.2, -0.15) is 0 Å². The molecule has 3 N–H and O–H groups in total. The van der Waals surface area contributed by atoms with Gasteiger partial charge in [0.1, 0.15) is 5.56 Å². The Kier molecular flexibility index (Phi) is 6.99. The quantitative estimate of drug-likeness (QED) is 0.698. The number of carbonyl (C=O) groups excluding carboxylic acids is 1. The van der Waals surface area contributed by atoms with Gasteiger partial charge in [-0.05, 0) is 31.5 Å². The van der Waals surface area contributed by atoms with Crippen LogP contribution in [0.25, 0.3) is 10.9 Å². The molecule has 136 valence electrons. The molecule has 3 rings (SSSR count). The summed E-state index contributed by atoms with van der Waals surface area (Å²) in [7, 11) is 0. The Labute approximate surface area is 153 Å². The van der Waals surface area contributed by atoms with Gasteiger partial charge in [0.25, 0.3) is 11.5 Å². The van der Waals surface area contributed by atoms with Crippen molar-refractivity contribution in [3.63, 3.8) is 0 Å². The Bertz CT molecular complexity index is 784. The molecule has 6 nitrogen and oxygen atoms in total. The number of piperazine rings is 1. The number of carbonyl (C=O) groups is 1. The van der Waals surface area contributed by atoms with E-state index in [-0.39, 0.29) is 29.4 Å². The first kappa shape index (κ1) is 19.4. The number of benzene rings is 1. The highest BCUT2D eigenvalue weighted by atomic mass is 35.5. The lowest BCUT2D eigenvalue weighted by atomic mass is 10.0. The minimum atomic E-state index is -0.328. The zero-order valence-corrected chi connectivity index (χ0v) is 15.2. The first-order chi connectivity index (χ1) is 11.7. The van der Waals surface area contributed by atoms with E-state index in [0.717, 1.165) is 55.6 Å². The molecule has 0 spiro atoms. The number of aryl methyl sites for hydroxylation is 1. The van der Waals surface area contributed by atoms with Gasteiger partial charge in [0.05, 0.1) is 0 Å². The summed E-state index contributed by atoms with van der Waals surface area (Å²) in [6, 6.07) is 7.54. The van der Waals surface area contributed by atoms with Crippen LogP contribution in [0, 0.1) is 6.92 Å². The van der Waals surface area contributed by atoms with Gasteiger partial charge < -0.3 is 20.5 Å². The number of amides is 1. The Morgan fingerprint density at radius 1 is 1.24 bits per heavy atom. The van der Waals surface area contributed by atoms with E-state index in [1.807, 2.05) is 31.2 Å². The number of fused-ring (bicyclic) bond motifs is 1. The average molecular weight is 365 g/mol. The second-order valence-electron chi connectivity index (χ2n) is 6.20. The Balaban J connectivity index is 0.00000225. The van der Waals surface area contributed by atoms with Crippen molar-refractivity contribution in [3.05, 3.63) is 45.7 Å². The molecule has 2 heterocycles. The summed E-state index contributed by atoms with van der Waals surface area (Å²) in [6.45, 7) is 7.53. The molecule has 25 heavy (non-hydrogen) atoms. The summed E-state index contributed by atoms with van der Waals surface area (Å²) in [5.74, 6) is -0.292. The fourth-order valence-electron chi connectivity index (χ4n) is 3.21. The van der Waals surface area contributed by atoms with E-state index >= 15 is 0 Å². The molecule has 1 aromatic heterocycles. The maximum absolute atomic E-state index is 12.4. The van der Waals surface area contributed by atoms with E-state index in [0.29, 0.717) is 6.54 Å². The van der Waals surface area contributed by atoms with Crippen LogP contribution in [0.4, 0.5) is 0 Å². The second-order valence-corrected chi connectivity index (χ2v) is 6.20. The Hall–Kier alpha value is -1.89. The Morgan fingerprint density at radius 3 is 2.72 bits per heavy atom. The molecule has 0 saturated carbocycles. The summed E-state index contributed by atoms with van der Waals surface area (Å²) in [4.78, 5) is 29.8. The van der Waals surface area contributed by atoms with Crippen molar-refractivity contribution in [2.24, 2.45) is 0 Å². The van der Waals surface area contributed by atoms with Gasteiger partial charge in [0.15, 0.2) is 0 Å². The molecule has 0 unspecified atom stereocenters. The molecular weight excluding hydrogens is 340 g/mol. The van der Waals surface area contributed by atoms with Crippen LogP contribution in [0.15, 0.2) is 29.1 Å². The molecule has 0 radical (unpaired) electrons. The van der Waals surface area contributed by atoms with E-state index in [1.54, 1.807) is 0 Å². The van der Waals surface area contributed by atoms with E-state index < -0.39 is 0 Å². The molecule has 2 aromatic rings. The van der Waals surface area contributed by atoms with Gasteiger partial charge in [-0.25, -0.2) is 0 Å². The number of aromatic nitrogens is 1. The molecule has 7 heteroatoms. The molecule has 1 fully saturated rings. The molecule has 0 aliphatic carbocycles. The fourth-order valence-corrected chi connectivity index (χ4v) is 3.21. The van der Waals surface area contributed by atoms with E-state index in [1.165, 1.54) is 0 Å². The number of aromatic amines is 1. The predicted octanol–water partition coefficient (Wildman–Crippen LogP) is 1.28. The standard InChI is InChI=1S/C18H24N4O2.ClH/c1-13-14-5-2-3-6-15(14)21-18(24)16(13)17(23)20-7-4-10-22-11-8-19-9-12-22;/h2-3,5-6,19H,4,7-12H2,1H3,(H,20,23)(H,21,24);1H. The lowest BCUT2D eigenvalue weighted by molar-refractivity contribution is 0.0949. The van der Waals surface area contributed by atoms with Crippen LogP contribution < -0.4 is 16.2 Å². The second kappa shape index (κ2) is 8.99. The molecular formula is C18H25ClN4O2. The highest BCUT2D eigenvalue weighted by Crippen LogP contribution is 2.16. The molecule has 1 amide bonds. The number of hydrogen-bond acceptors (Lipinski definition) is 4. The molecule has 1 saturated heterocycles. The SMILES string of the molecule is Cc1c(C(=O)NCCCN2CCNCC2)c(=O)[nH]c2ccccc12.Cl. The van der Waals surface area contributed by atoms with Crippen molar-refractivity contribution in [2.45, 2.75) is 13.3 Å². The average Bonchev–Trinajstić information content (AvgIpc) is 2.60. The van der Waals surface area contributed by atoms with Crippen molar-refractivity contribution in [1.29, 1.82) is 0 Å². The summed E-state index contributed by atoms with van der Waals surface area (Å²) in [5, 5.41) is 7.11. The number of H-pyrrole nitrogens is 1. The lowest BCUT2D eigenvalue weighted by Crippen LogP contribution is -2.44. The van der Waals surface area contributed by atoms with Gasteiger partial charge in [-0.3, -0.25) is 9.59 Å². The molecule has 1 aliphatic heterocycles. The molecule has 1 aliphatic rings. The lowest BCUT2D eigenvalue weighted by Gasteiger charge is -2.27. The molecule has 0 atom stereocenters. The highest BCUT2D eigenvalue weighted by molar-refractivity contribution is 5.99. The van der Waals surface area contributed by atoms with Gasteiger partial charge in [0.2, 0.25) is 0 Å². The predicted molar refractivity (Wildman–Crippen MR) is 103 cm³/mol. The van der Waals surface area contributed by atoms with Crippen molar-refractivity contribution in [1.82, 2.24) is 20.5 Å². The van der Waals surface area contributed by atoms with Crippen LogP contribution >= 0.6 is 12.4 Å². The number of para-hydroxylation sites is 1. The Morgan fingerprint density at radius 2 is 1.96 bits per heavy atom. The zero-order chi connectivity index (χ0) is 16.9. The van der Waals surface area contributed by atoms with Crippen molar-refractivity contribution < 1.29 is 4.79 Å². The minimum absolute atomic E-state index is 0. The third kappa shape index (κ3) is 4.60. The van der Waals surface area contributed by atoms with Crippen molar-refractivity contribution >= 4 is 29.2 Å². The van der Waals surface area contributed by atoms with E-state index in [4.69, 9.17) is 0 Å². The third-order valence-electron chi connectivity index (χ3n) is 4.55. The summed E-state index contributed by atoms with van der Waals surface area (Å²) in [6.07, 6.45) is 0.885. The van der Waals surface area contributed by atoms with E-state index in [2.05, 4.69) is 20.5 Å². The summed E-state index contributed by atoms with van der Waals surface area (Å²) < 4.78 is 0. The first-order valence-corrected chi connectivity index (χ1v) is 8.49. The van der Waals surface area contributed by atoms with Crippen LogP contribution in [0.3, 0.4) is 0 Å². The minimum Gasteiger partial charge on any atom is -0.352 e. The number of rotatable bonds is 5. The van der Waals surface area contributed by atoms with Gasteiger partial charge >= 0.3 is 0 Å². The number of nitrogens with zero attached hydrogens (tertiary/aromatic N) is 1. The van der Waals surface area contributed by atoms with Crippen LogP contribution in [0.2, 0.25) is 0 Å². The van der Waals surface area contributed by atoms with Crippen molar-refractivity contribution in [3.8, 4) is 0 Å². The maximum Gasteiger partial charge on any atom is 0.261 e. The first-order valence-electron chi connectivity index (χ1n) is 8.49. The van der Waals surface area contributed by atoms with E-state index in [9.17, 15) is 9.59 Å². The summed E-state index contributed by atoms with van der Waals surface area (Å²) in [5.41, 5.74) is 1.38. The largest absolute Gasteiger partial charge is 0.352 e. The van der Waals surface area contributed by atoms with Gasteiger partial charge in [-0.15, -0.1) is 12.4 Å². The highest BCUT2D eigenvalue weighted by Gasteiger charge is 2.16. The van der Waals surface area contributed by atoms with Crippen LogP contribution in [-0.2, 0) is 0 Å². The van der Waals surface area contributed by atoms with Crippen LogP contribution in [0.5, 0.6) is 0 Å². The number of halogens is 1. The number of nitrogens with one attached hydrogen (secondary N) is 3. The third-order valence-corrected chi connectivity index (χ3v) is 4.55. The smallest absolute Gasteiger partial charge is 0.261 e. The van der Waals surface area contributed by atoms with Gasteiger partial charge in [0, 0.05) is 43.6 Å². The molecule has 1 aromatic carbocycles. The topological polar surface area (TPSA) is 77.2 Å². The fraction of sp³-hybridized carbons (Fsp3) is 0.444. The number of pyridine rings is 1.